The van der Waals surface area contributed by atoms with Crippen molar-refractivity contribution >= 4 is 11.0 Å². The van der Waals surface area contributed by atoms with Crippen molar-refractivity contribution in [1.29, 1.82) is 0 Å². The lowest BCUT2D eigenvalue weighted by molar-refractivity contribution is 0.0535. The minimum atomic E-state index is 0.114. The fourth-order valence-corrected chi connectivity index (χ4v) is 3.91. The van der Waals surface area contributed by atoms with Crippen LogP contribution in [0.4, 0.5) is 0 Å². The molecule has 2 fully saturated rings. The van der Waals surface area contributed by atoms with E-state index in [1.165, 1.54) is 19.4 Å². The normalized spacial score (nSPS) is 26.4. The zero-order valence-electron chi connectivity index (χ0n) is 13.0. The van der Waals surface area contributed by atoms with Crippen molar-refractivity contribution in [2.75, 3.05) is 19.6 Å². The average molecular weight is 298 g/mol. The van der Waals surface area contributed by atoms with Crippen LogP contribution in [0.2, 0.25) is 0 Å². The summed E-state index contributed by atoms with van der Waals surface area (Å²) in [5, 5.41) is 0.687. The third-order valence-corrected chi connectivity index (χ3v) is 5.19. The van der Waals surface area contributed by atoms with Gasteiger partial charge in [0.1, 0.15) is 5.58 Å². The van der Waals surface area contributed by atoms with Gasteiger partial charge in [-0.05, 0) is 38.4 Å². The lowest BCUT2D eigenvalue weighted by Crippen LogP contribution is -2.54. The van der Waals surface area contributed by atoms with Gasteiger partial charge in [0.25, 0.3) is 0 Å². The van der Waals surface area contributed by atoms with E-state index < -0.39 is 0 Å². The van der Waals surface area contributed by atoms with Crippen LogP contribution in [-0.2, 0) is 6.54 Å². The van der Waals surface area contributed by atoms with Crippen LogP contribution in [0.3, 0.4) is 0 Å². The van der Waals surface area contributed by atoms with E-state index in [1.807, 2.05) is 24.3 Å². The molecule has 22 heavy (non-hydrogen) atoms. The van der Waals surface area contributed by atoms with Gasteiger partial charge in [0.15, 0.2) is 5.43 Å². The third-order valence-electron chi connectivity index (χ3n) is 5.19. The van der Waals surface area contributed by atoms with Crippen molar-refractivity contribution in [3.8, 4) is 0 Å². The summed E-state index contributed by atoms with van der Waals surface area (Å²) < 4.78 is 5.65. The Labute approximate surface area is 130 Å². The van der Waals surface area contributed by atoms with Crippen molar-refractivity contribution in [2.24, 2.45) is 0 Å². The second-order valence-corrected chi connectivity index (χ2v) is 6.66. The third kappa shape index (κ3) is 2.36. The van der Waals surface area contributed by atoms with Gasteiger partial charge < -0.3 is 4.42 Å². The Bertz CT molecular complexity index is 739. The maximum atomic E-state index is 12.6. The van der Waals surface area contributed by atoms with Crippen LogP contribution in [0.25, 0.3) is 11.0 Å². The predicted molar refractivity (Wildman–Crippen MR) is 87.0 cm³/mol. The Morgan fingerprint density at radius 1 is 1.27 bits per heavy atom. The molecule has 0 saturated carbocycles. The van der Waals surface area contributed by atoms with E-state index in [2.05, 4.69) is 16.7 Å². The van der Waals surface area contributed by atoms with Crippen LogP contribution in [-0.4, -0.2) is 41.5 Å². The number of fused-ring (bicyclic) bond motifs is 2. The van der Waals surface area contributed by atoms with E-state index in [0.717, 1.165) is 18.7 Å². The van der Waals surface area contributed by atoms with E-state index in [1.54, 1.807) is 6.26 Å². The van der Waals surface area contributed by atoms with E-state index in [-0.39, 0.29) is 5.43 Å². The molecule has 3 heterocycles. The van der Waals surface area contributed by atoms with E-state index >= 15 is 0 Å². The molecule has 0 bridgehead atoms. The highest BCUT2D eigenvalue weighted by molar-refractivity contribution is 5.76. The smallest absolute Gasteiger partial charge is 0.197 e. The summed E-state index contributed by atoms with van der Waals surface area (Å²) in [6, 6.07) is 8.64. The van der Waals surface area contributed by atoms with Crippen molar-refractivity contribution in [3.63, 3.8) is 0 Å². The second-order valence-electron chi connectivity index (χ2n) is 6.66. The Kier molecular flexibility index (Phi) is 3.51. The van der Waals surface area contributed by atoms with Crippen LogP contribution in [0, 0.1) is 0 Å². The number of rotatable bonds is 2. The van der Waals surface area contributed by atoms with Crippen molar-refractivity contribution in [3.05, 3.63) is 46.3 Å². The van der Waals surface area contributed by atoms with Gasteiger partial charge in [-0.1, -0.05) is 12.1 Å². The molecule has 2 aliphatic rings. The van der Waals surface area contributed by atoms with Crippen LogP contribution in [0.1, 0.15) is 25.3 Å². The first kappa shape index (κ1) is 14.0. The van der Waals surface area contributed by atoms with Gasteiger partial charge in [0.2, 0.25) is 0 Å². The molecule has 4 nitrogen and oxygen atoms in total. The summed E-state index contributed by atoms with van der Waals surface area (Å²) in [7, 11) is 0. The minimum absolute atomic E-state index is 0.114. The highest BCUT2D eigenvalue weighted by Crippen LogP contribution is 2.25. The zero-order valence-corrected chi connectivity index (χ0v) is 13.0. The molecule has 4 heteroatoms. The average Bonchev–Trinajstić information content (AvgIpc) is 2.97. The number of hydrogen-bond donors (Lipinski definition) is 0. The molecule has 2 aromatic rings. The Hall–Kier alpha value is -1.65. The number of para-hydroxylation sites is 1. The molecule has 1 aromatic carbocycles. The van der Waals surface area contributed by atoms with Crippen LogP contribution in [0.5, 0.6) is 0 Å². The molecule has 0 spiro atoms. The molecule has 0 N–H and O–H groups in total. The predicted octanol–water partition coefficient (Wildman–Crippen LogP) is 2.46. The molecular formula is C18H22N2O2. The van der Waals surface area contributed by atoms with Crippen molar-refractivity contribution < 1.29 is 4.42 Å². The maximum Gasteiger partial charge on any atom is 0.197 e. The molecule has 116 valence electrons. The van der Waals surface area contributed by atoms with Crippen molar-refractivity contribution in [1.82, 2.24) is 9.80 Å². The summed E-state index contributed by atoms with van der Waals surface area (Å²) in [5.41, 5.74) is 1.56. The number of hydrogen-bond acceptors (Lipinski definition) is 4. The molecule has 0 unspecified atom stereocenters. The highest BCUT2D eigenvalue weighted by Gasteiger charge is 2.34. The topological polar surface area (TPSA) is 36.7 Å². The lowest BCUT2D eigenvalue weighted by atomic mass is 10.1. The zero-order chi connectivity index (χ0) is 15.1. The first-order chi connectivity index (χ1) is 10.7. The maximum absolute atomic E-state index is 12.6. The quantitative estimate of drug-likeness (QED) is 0.853. The fourth-order valence-electron chi connectivity index (χ4n) is 3.91. The van der Waals surface area contributed by atoms with Gasteiger partial charge in [-0.25, -0.2) is 0 Å². The summed E-state index contributed by atoms with van der Waals surface area (Å²) >= 11 is 0. The van der Waals surface area contributed by atoms with E-state index in [9.17, 15) is 4.79 Å². The van der Waals surface area contributed by atoms with Gasteiger partial charge >= 0.3 is 0 Å². The summed E-state index contributed by atoms with van der Waals surface area (Å²) in [6.07, 6.45) is 4.25. The van der Waals surface area contributed by atoms with Gasteiger partial charge in [0.05, 0.1) is 11.6 Å². The summed E-state index contributed by atoms with van der Waals surface area (Å²) in [6.45, 7) is 6.37. The number of piperazine rings is 1. The molecule has 1 aromatic heterocycles. The first-order valence-electron chi connectivity index (χ1n) is 8.20. The Balaban J connectivity index is 1.60. The Morgan fingerprint density at radius 2 is 2.14 bits per heavy atom. The lowest BCUT2D eigenvalue weighted by Gasteiger charge is -2.42. The molecule has 2 saturated heterocycles. The number of benzene rings is 1. The minimum Gasteiger partial charge on any atom is -0.464 e. The van der Waals surface area contributed by atoms with E-state index in [0.29, 0.717) is 29.6 Å². The molecule has 2 atom stereocenters. The SMILES string of the molecule is C[C@@H]1CN2CCC[C@H]2CN1Cc1coc2ccccc2c1=O. The monoisotopic (exact) mass is 298 g/mol. The van der Waals surface area contributed by atoms with Gasteiger partial charge in [-0.2, -0.15) is 0 Å². The summed E-state index contributed by atoms with van der Waals surface area (Å²) in [4.78, 5) is 17.7. The van der Waals surface area contributed by atoms with Crippen LogP contribution < -0.4 is 5.43 Å². The van der Waals surface area contributed by atoms with Gasteiger partial charge in [-0.3, -0.25) is 14.6 Å². The van der Waals surface area contributed by atoms with Gasteiger partial charge in [0, 0.05) is 37.3 Å². The van der Waals surface area contributed by atoms with Gasteiger partial charge in [-0.15, -0.1) is 0 Å². The molecule has 4 rings (SSSR count). The van der Waals surface area contributed by atoms with Crippen molar-refractivity contribution in [2.45, 2.75) is 38.4 Å². The molecular weight excluding hydrogens is 276 g/mol. The van der Waals surface area contributed by atoms with E-state index in [4.69, 9.17) is 4.42 Å². The summed E-state index contributed by atoms with van der Waals surface area (Å²) in [5.74, 6) is 0. The molecule has 0 radical (unpaired) electrons. The fraction of sp³-hybridized carbons (Fsp3) is 0.500. The first-order valence-corrected chi connectivity index (χ1v) is 8.20. The molecule has 0 amide bonds. The van der Waals surface area contributed by atoms with Crippen LogP contribution in [0.15, 0.2) is 39.7 Å². The molecule has 0 aliphatic carbocycles. The Morgan fingerprint density at radius 3 is 3.05 bits per heavy atom. The number of nitrogens with zero attached hydrogens (tertiary/aromatic N) is 2. The highest BCUT2D eigenvalue weighted by atomic mass is 16.3. The molecule has 2 aliphatic heterocycles. The largest absolute Gasteiger partial charge is 0.464 e. The second kappa shape index (κ2) is 5.52. The standard InChI is InChI=1S/C18H22N2O2/c1-13-9-19-8-4-5-15(19)11-20(13)10-14-12-22-17-7-3-2-6-16(17)18(14)21/h2-3,6-7,12-13,15H,4-5,8-11H2,1H3/t13-,15+/m1/s1. The van der Waals surface area contributed by atoms with Crippen LogP contribution >= 0.6 is 0 Å².